The van der Waals surface area contributed by atoms with Crippen LogP contribution in [0, 0.1) is 0 Å². The number of aliphatic carboxylic acids is 1. The molecular weight excluding hydrogens is 196 g/mol. The molecule has 15 heavy (non-hydrogen) atoms. The summed E-state index contributed by atoms with van der Waals surface area (Å²) in [5, 5.41) is 17.9. The molecule has 0 radical (unpaired) electrons. The van der Waals surface area contributed by atoms with E-state index in [9.17, 15) is 9.90 Å². The second-order valence-corrected chi connectivity index (χ2v) is 3.48. The van der Waals surface area contributed by atoms with Crippen molar-refractivity contribution in [2.75, 3.05) is 6.61 Å². The zero-order chi connectivity index (χ0) is 11.7. The van der Waals surface area contributed by atoms with Crippen molar-refractivity contribution in [2.45, 2.75) is 45.3 Å². The second-order valence-electron chi connectivity index (χ2n) is 3.48. The van der Waals surface area contributed by atoms with Crippen LogP contribution in [0.25, 0.3) is 0 Å². The Morgan fingerprint density at radius 1 is 1.47 bits per heavy atom. The monoisotopic (exact) mass is 216 g/mol. The fourth-order valence-corrected chi connectivity index (χ4v) is 1.04. The molecule has 0 amide bonds. The van der Waals surface area contributed by atoms with E-state index in [1.54, 1.807) is 0 Å². The molecule has 0 aromatic carbocycles. The van der Waals surface area contributed by atoms with Gasteiger partial charge in [0, 0.05) is 12.2 Å². The lowest BCUT2D eigenvalue weighted by molar-refractivity contribution is -0.133. The van der Waals surface area contributed by atoms with E-state index in [4.69, 9.17) is 9.84 Å². The highest BCUT2D eigenvalue weighted by atomic mass is 16.6. The molecule has 1 atom stereocenters. The fraction of sp³-hybridized carbons (Fsp3) is 0.727. The van der Waals surface area contributed by atoms with Gasteiger partial charge in [-0.05, 0) is 25.7 Å². The molecule has 0 rings (SSSR count). The topological polar surface area (TPSA) is 66.8 Å². The Morgan fingerprint density at radius 3 is 2.67 bits per heavy atom. The third-order valence-electron chi connectivity index (χ3n) is 2.04. The van der Waals surface area contributed by atoms with Gasteiger partial charge >= 0.3 is 5.97 Å². The summed E-state index contributed by atoms with van der Waals surface area (Å²) in [5.74, 6) is -0.976. The standard InChI is InChI=1S/C11H20O4/c1-3-4-8-15-10(12)7-5-6-9(2)11(13)14/h10,12H,2-8H2,1H3,(H,13,14). The van der Waals surface area contributed by atoms with Crippen LogP contribution in [-0.4, -0.2) is 29.1 Å². The van der Waals surface area contributed by atoms with Gasteiger partial charge in [0.1, 0.15) is 0 Å². The first kappa shape index (κ1) is 14.1. The summed E-state index contributed by atoms with van der Waals surface area (Å²) in [7, 11) is 0. The lowest BCUT2D eigenvalue weighted by Crippen LogP contribution is -2.13. The molecule has 0 spiro atoms. The number of carbonyl (C=O) groups is 1. The van der Waals surface area contributed by atoms with E-state index in [2.05, 4.69) is 6.58 Å². The summed E-state index contributed by atoms with van der Waals surface area (Å²) in [6.45, 7) is 6.01. The lowest BCUT2D eigenvalue weighted by Gasteiger charge is -2.11. The van der Waals surface area contributed by atoms with Crippen molar-refractivity contribution in [1.82, 2.24) is 0 Å². The van der Waals surface area contributed by atoms with Crippen molar-refractivity contribution in [3.05, 3.63) is 12.2 Å². The first-order chi connectivity index (χ1) is 7.07. The molecule has 0 aliphatic rings. The molecule has 0 heterocycles. The molecule has 0 aliphatic heterocycles. The molecule has 88 valence electrons. The second kappa shape index (κ2) is 8.44. The molecule has 0 aromatic heterocycles. The number of hydrogen-bond acceptors (Lipinski definition) is 3. The number of aliphatic hydroxyl groups excluding tert-OH is 1. The van der Waals surface area contributed by atoms with Crippen LogP contribution in [0.1, 0.15) is 39.0 Å². The lowest BCUT2D eigenvalue weighted by atomic mass is 10.1. The van der Waals surface area contributed by atoms with E-state index in [1.807, 2.05) is 6.92 Å². The number of aliphatic hydroxyl groups is 1. The van der Waals surface area contributed by atoms with Crippen molar-refractivity contribution in [2.24, 2.45) is 0 Å². The Labute approximate surface area is 90.6 Å². The van der Waals surface area contributed by atoms with Gasteiger partial charge in [-0.1, -0.05) is 19.9 Å². The maximum atomic E-state index is 10.4. The molecule has 0 aliphatic carbocycles. The van der Waals surface area contributed by atoms with Crippen LogP contribution in [0.2, 0.25) is 0 Å². The van der Waals surface area contributed by atoms with Crippen LogP contribution >= 0.6 is 0 Å². The molecule has 0 aromatic rings. The number of hydrogen-bond donors (Lipinski definition) is 2. The Morgan fingerprint density at radius 2 is 2.13 bits per heavy atom. The number of unbranched alkanes of at least 4 members (excludes halogenated alkanes) is 1. The molecule has 1 unspecified atom stereocenters. The van der Waals surface area contributed by atoms with Gasteiger partial charge in [-0.2, -0.15) is 0 Å². The third kappa shape index (κ3) is 8.15. The summed E-state index contributed by atoms with van der Waals surface area (Å²) < 4.78 is 5.10. The quantitative estimate of drug-likeness (QED) is 0.351. The fourth-order valence-electron chi connectivity index (χ4n) is 1.04. The summed E-state index contributed by atoms with van der Waals surface area (Å²) in [4.78, 5) is 10.4. The van der Waals surface area contributed by atoms with Crippen molar-refractivity contribution >= 4 is 5.97 Å². The summed E-state index contributed by atoms with van der Waals surface area (Å²) >= 11 is 0. The van der Waals surface area contributed by atoms with Gasteiger partial charge in [0.05, 0.1) is 0 Å². The van der Waals surface area contributed by atoms with Crippen LogP contribution in [0.3, 0.4) is 0 Å². The maximum absolute atomic E-state index is 10.4. The summed E-state index contributed by atoms with van der Waals surface area (Å²) in [6, 6.07) is 0. The van der Waals surface area contributed by atoms with Gasteiger partial charge < -0.3 is 14.9 Å². The van der Waals surface area contributed by atoms with E-state index in [0.717, 1.165) is 12.8 Å². The largest absolute Gasteiger partial charge is 0.478 e. The molecule has 0 saturated heterocycles. The average molecular weight is 216 g/mol. The minimum absolute atomic E-state index is 0.177. The molecule has 2 N–H and O–H groups in total. The van der Waals surface area contributed by atoms with E-state index >= 15 is 0 Å². The summed E-state index contributed by atoms with van der Waals surface area (Å²) in [5.41, 5.74) is 0.177. The minimum Gasteiger partial charge on any atom is -0.478 e. The zero-order valence-electron chi connectivity index (χ0n) is 9.24. The predicted octanol–water partition coefficient (Wildman–Crippen LogP) is 1.93. The van der Waals surface area contributed by atoms with Crippen LogP contribution < -0.4 is 0 Å². The van der Waals surface area contributed by atoms with E-state index in [0.29, 0.717) is 25.9 Å². The van der Waals surface area contributed by atoms with Crippen LogP contribution in [0.5, 0.6) is 0 Å². The van der Waals surface area contributed by atoms with Gasteiger partial charge in [-0.15, -0.1) is 0 Å². The predicted molar refractivity (Wildman–Crippen MR) is 57.5 cm³/mol. The van der Waals surface area contributed by atoms with Gasteiger partial charge in [0.25, 0.3) is 0 Å². The molecule has 4 nitrogen and oxygen atoms in total. The molecule has 4 heteroatoms. The van der Waals surface area contributed by atoms with Crippen LogP contribution in [-0.2, 0) is 9.53 Å². The molecule has 0 fully saturated rings. The number of carboxylic acids is 1. The Hall–Kier alpha value is -0.870. The normalized spacial score (nSPS) is 12.4. The number of rotatable bonds is 9. The van der Waals surface area contributed by atoms with E-state index < -0.39 is 12.3 Å². The average Bonchev–Trinajstić information content (AvgIpc) is 2.18. The smallest absolute Gasteiger partial charge is 0.330 e. The van der Waals surface area contributed by atoms with Crippen molar-refractivity contribution in [1.29, 1.82) is 0 Å². The molecule has 0 bridgehead atoms. The highest BCUT2D eigenvalue weighted by Crippen LogP contribution is 2.08. The van der Waals surface area contributed by atoms with E-state index in [1.165, 1.54) is 0 Å². The highest BCUT2D eigenvalue weighted by molar-refractivity contribution is 5.85. The van der Waals surface area contributed by atoms with E-state index in [-0.39, 0.29) is 5.57 Å². The van der Waals surface area contributed by atoms with Crippen molar-refractivity contribution in [3.63, 3.8) is 0 Å². The first-order valence-corrected chi connectivity index (χ1v) is 5.28. The molecular formula is C11H20O4. The Balaban J connectivity index is 3.42. The maximum Gasteiger partial charge on any atom is 0.330 e. The van der Waals surface area contributed by atoms with Crippen molar-refractivity contribution < 1.29 is 19.7 Å². The zero-order valence-corrected chi connectivity index (χ0v) is 9.24. The molecule has 0 saturated carbocycles. The van der Waals surface area contributed by atoms with Gasteiger partial charge in [0.15, 0.2) is 6.29 Å². The van der Waals surface area contributed by atoms with Gasteiger partial charge in [-0.3, -0.25) is 0 Å². The van der Waals surface area contributed by atoms with Gasteiger partial charge in [-0.25, -0.2) is 4.79 Å². The third-order valence-corrected chi connectivity index (χ3v) is 2.04. The minimum atomic E-state index is -0.976. The number of carboxylic acid groups (broad SMARTS) is 1. The Bertz CT molecular complexity index is 201. The summed E-state index contributed by atoms with van der Waals surface area (Å²) in [6.07, 6.45) is 2.61. The SMILES string of the molecule is C=C(CCCC(O)OCCCC)C(=O)O. The van der Waals surface area contributed by atoms with Crippen molar-refractivity contribution in [3.8, 4) is 0 Å². The highest BCUT2D eigenvalue weighted by Gasteiger charge is 2.07. The first-order valence-electron chi connectivity index (χ1n) is 5.28. The van der Waals surface area contributed by atoms with Crippen LogP contribution in [0.4, 0.5) is 0 Å². The van der Waals surface area contributed by atoms with Crippen LogP contribution in [0.15, 0.2) is 12.2 Å². The Kier molecular flexibility index (Phi) is 7.95. The number of ether oxygens (including phenoxy) is 1. The van der Waals surface area contributed by atoms with Gasteiger partial charge in [0.2, 0.25) is 0 Å².